The Bertz CT molecular complexity index is 5320. The van der Waals surface area contributed by atoms with E-state index in [0.717, 1.165) is 157 Å². The summed E-state index contributed by atoms with van der Waals surface area (Å²) in [5.41, 5.74) is 12.8. The first-order valence-corrected chi connectivity index (χ1v) is 57.1. The van der Waals surface area contributed by atoms with E-state index in [-0.39, 0.29) is 173 Å². The van der Waals surface area contributed by atoms with E-state index in [1.165, 1.54) is 84.0 Å². The highest BCUT2D eigenvalue weighted by molar-refractivity contribution is 6.08. The molecule has 0 aromatic heterocycles. The lowest BCUT2D eigenvalue weighted by atomic mass is 9.33. The molecule has 0 aliphatic heterocycles. The summed E-state index contributed by atoms with van der Waals surface area (Å²) in [6.45, 7) is 73.9. The molecule has 0 bridgehead atoms. The van der Waals surface area contributed by atoms with Crippen molar-refractivity contribution in [3.8, 4) is 0 Å². The molecule has 1 N–H and O–H groups in total. The molecular formula is C127H190O15. The lowest BCUT2D eigenvalue weighted by Crippen LogP contribution is -2.64. The van der Waals surface area contributed by atoms with Gasteiger partial charge in [0.05, 0.1) is 53.8 Å². The fourth-order valence-electron chi connectivity index (χ4n) is 38.0. The first kappa shape index (κ1) is 110. The van der Waals surface area contributed by atoms with Gasteiger partial charge in [0.1, 0.15) is 11.2 Å². The molecule has 788 valence electrons. The number of allylic oxidation sites excluding steroid dienone is 15. The minimum atomic E-state index is -0.990. The molecule has 0 aromatic rings. The van der Waals surface area contributed by atoms with Crippen molar-refractivity contribution in [2.45, 2.75) is 445 Å². The normalized spacial score (nSPS) is 40.8. The van der Waals surface area contributed by atoms with Gasteiger partial charge in [0, 0.05) is 19.3 Å². The molecule has 0 radical (unpaired) electrons. The number of hydrogen-bond donors (Lipinski definition) is 1. The van der Waals surface area contributed by atoms with Crippen LogP contribution in [0.25, 0.3) is 0 Å². The van der Waals surface area contributed by atoms with E-state index < -0.39 is 33.4 Å². The van der Waals surface area contributed by atoms with Gasteiger partial charge in [-0.15, -0.1) is 0 Å². The number of carboxylic acid groups (broad SMARTS) is 1. The monoisotopic (exact) mass is 1960 g/mol. The molecule has 9 saturated carbocycles. The van der Waals surface area contributed by atoms with E-state index in [1.54, 1.807) is 5.57 Å². The van der Waals surface area contributed by atoms with Crippen LogP contribution >= 0.6 is 0 Å². The number of Topliss-reactive ketones (excluding diaryl/α,β-unsaturated/α-hetero) is 3. The van der Waals surface area contributed by atoms with Gasteiger partial charge in [-0.25, -0.2) is 0 Å². The Labute approximate surface area is 857 Å². The van der Waals surface area contributed by atoms with Crippen molar-refractivity contribution in [3.63, 3.8) is 0 Å². The number of carbonyl (C=O) groups excluding carboxylic acids is 8. The zero-order chi connectivity index (χ0) is 105. The summed E-state index contributed by atoms with van der Waals surface area (Å²) in [5.74, 6) is 3.94. The highest BCUT2D eigenvalue weighted by Crippen LogP contribution is 2.82. The quantitative estimate of drug-likeness (QED) is 0.0971. The molecular weight excluding hydrogens is 1770 g/mol. The summed E-state index contributed by atoms with van der Waals surface area (Å²) in [7, 11) is 0. The molecule has 18 aliphatic rings. The molecule has 142 heavy (non-hydrogen) atoms. The number of fused-ring (bicyclic) bond motifs is 21. The molecule has 15 heteroatoms. The molecule has 15 nitrogen and oxygen atoms in total. The minimum absolute atomic E-state index is 0.0105. The lowest BCUT2D eigenvalue weighted by molar-refractivity contribution is -0.204. The Hall–Kier alpha value is -6.51. The summed E-state index contributed by atoms with van der Waals surface area (Å²) in [4.78, 5) is 118. The van der Waals surface area contributed by atoms with Gasteiger partial charge in [0.2, 0.25) is 0 Å². The minimum Gasteiger partial charge on any atom is -0.481 e. The Morgan fingerprint density at radius 3 is 0.937 bits per heavy atom. The van der Waals surface area contributed by atoms with Crippen LogP contribution in [0.1, 0.15) is 433 Å². The van der Waals surface area contributed by atoms with E-state index >= 15 is 0 Å². The summed E-state index contributed by atoms with van der Waals surface area (Å²) in [6.07, 6.45) is 45.4. The van der Waals surface area contributed by atoms with Crippen LogP contribution in [0.5, 0.6) is 0 Å². The average molecular weight is 1960 g/mol. The van der Waals surface area contributed by atoms with Crippen LogP contribution < -0.4 is 0 Å². The summed E-state index contributed by atoms with van der Waals surface area (Å²) >= 11 is 0. The van der Waals surface area contributed by atoms with Crippen molar-refractivity contribution in [3.05, 3.63) is 103 Å². The molecule has 18 rings (SSSR count). The molecule has 24 atom stereocenters. The fraction of sp³-hybridized carbons (Fsp3) is 0.787. The van der Waals surface area contributed by atoms with Crippen molar-refractivity contribution in [1.29, 1.82) is 0 Å². The van der Waals surface area contributed by atoms with Crippen LogP contribution in [0.15, 0.2) is 103 Å². The molecule has 0 saturated heterocycles. The van der Waals surface area contributed by atoms with Gasteiger partial charge in [0.15, 0.2) is 17.3 Å². The Morgan fingerprint density at radius 2 is 0.648 bits per heavy atom. The number of esters is 5. The van der Waals surface area contributed by atoms with E-state index in [9.17, 15) is 48.3 Å². The van der Waals surface area contributed by atoms with E-state index in [2.05, 4.69) is 196 Å². The van der Waals surface area contributed by atoms with Crippen LogP contribution in [0, 0.1) is 170 Å². The third-order valence-electron chi connectivity index (χ3n) is 45.4. The number of ketones is 3. The van der Waals surface area contributed by atoms with Crippen molar-refractivity contribution < 1.29 is 71.9 Å². The second-order valence-corrected chi connectivity index (χ2v) is 56.2. The third kappa shape index (κ3) is 17.3. The first-order valence-electron chi connectivity index (χ1n) is 57.1. The Balaban J connectivity index is 0.000000152. The van der Waals surface area contributed by atoms with Crippen LogP contribution in [0.3, 0.4) is 0 Å². The number of rotatable bonds is 14. The van der Waals surface area contributed by atoms with Gasteiger partial charge in [-0.3, -0.25) is 43.2 Å². The largest absolute Gasteiger partial charge is 0.481 e. The molecule has 0 aromatic carbocycles. The summed E-state index contributed by atoms with van der Waals surface area (Å²) in [5, 5.41) is 10.6. The topological polar surface area (TPSA) is 220 Å². The molecule has 3 unspecified atom stereocenters. The second-order valence-electron chi connectivity index (χ2n) is 56.2. The number of hydrogen-bond acceptors (Lipinski definition) is 14. The number of aliphatic carboxylic acids is 1. The van der Waals surface area contributed by atoms with Crippen LogP contribution in [0.2, 0.25) is 0 Å². The van der Waals surface area contributed by atoms with Crippen LogP contribution in [0.4, 0.5) is 0 Å². The second kappa shape index (κ2) is 38.2. The van der Waals surface area contributed by atoms with E-state index in [0.29, 0.717) is 80.0 Å². The predicted molar refractivity (Wildman–Crippen MR) is 566 cm³/mol. The maximum Gasteiger partial charge on any atom is 0.317 e. The molecule has 0 amide bonds. The number of carboxylic acids is 1. The van der Waals surface area contributed by atoms with Gasteiger partial charge in [-0.2, -0.15) is 0 Å². The lowest BCUT2D eigenvalue weighted by Gasteiger charge is -2.71. The third-order valence-corrected chi connectivity index (χ3v) is 45.4. The average Bonchev–Trinajstić information content (AvgIpc) is 1.24. The van der Waals surface area contributed by atoms with Gasteiger partial charge in [-0.1, -0.05) is 193 Å². The fourth-order valence-corrected chi connectivity index (χ4v) is 38.0. The molecule has 0 spiro atoms. The smallest absolute Gasteiger partial charge is 0.317 e. The van der Waals surface area contributed by atoms with E-state index in [4.69, 9.17) is 23.7 Å². The zero-order valence-electron chi connectivity index (χ0n) is 94.7. The Morgan fingerprint density at radius 1 is 0.352 bits per heavy atom. The van der Waals surface area contributed by atoms with Crippen LogP contribution in [-0.2, 0) is 66.8 Å². The number of carbonyl (C=O) groups is 9. The maximum absolute atomic E-state index is 14.2. The highest BCUT2D eigenvalue weighted by Gasteiger charge is 2.76. The van der Waals surface area contributed by atoms with Crippen molar-refractivity contribution in [2.24, 2.45) is 170 Å². The van der Waals surface area contributed by atoms with E-state index in [1.807, 2.05) is 62.3 Å². The van der Waals surface area contributed by atoms with Crippen molar-refractivity contribution >= 4 is 53.2 Å². The zero-order valence-corrected chi connectivity index (χ0v) is 94.7. The molecule has 18 aliphatic carbocycles. The van der Waals surface area contributed by atoms with Crippen molar-refractivity contribution in [2.75, 3.05) is 19.8 Å². The standard InChI is InChI=1S/C43H64O5.C39H56O5.C35H54O3.C10H16O2/c1-12-47-36(45)28-15-13-27(14-16-28)29-19-21-40(9)32(39(29,7)8)20-22-42(11)33(40)18-17-30-35-34(26(2)3)31(44)25-43(35,24-23-41(30,42)10)37(46)48-38(4,5)6;1-9-44-33(41)25-12-10-24(11-13-25)26-16-18-36(6)29(35(26,4)5)17-19-38(8)30(36)15-14-27-32-31(23(2)3)28(40)22-39(32,34(42)43)21-20-37(27,38)7;1-21(2)27-24(36)20-35(29(37)38-30(4,5)6)19-18-33(10)23(28(27)35)12-13-26-32(9)16-14-22(3)31(7,8)25(32)15-17-34(26,33)11;1-3-12-10(11)9-6-4-8(2)5-7-9/h13,19,26,28,30,32-33H,12,14-18,20-25H2,1-11H3;10,16,23,25,27,29-30H,9,11-15,17-22H2,1-8H3,(H,42,43);14,21,23,25-26H,12-13,15-20H2,1-11H3;4,9H,3,5-7H2,1-2H3/t28?,30-,32+,33-,40+,41-,42-,43-;25?,27-,29+,30-,36+,37-,38-,39-;23-,25+,26-,32+,33-,34-,35-;/m111./s1. The molecule has 9 fully saturated rings. The maximum atomic E-state index is 14.2. The van der Waals surface area contributed by atoms with Gasteiger partial charge < -0.3 is 28.8 Å². The molecule has 0 heterocycles. The number of ether oxygens (including phenoxy) is 5. The Kier molecular flexibility index (Phi) is 29.5. The summed E-state index contributed by atoms with van der Waals surface area (Å²) < 4.78 is 27.9. The SMILES string of the molecule is CC1=CC[C@]2(C)[C@H]3CC[C@@H]4C5=C(C(C)C)C(=O)C[C@]5(C(=O)OC(C)(C)C)CC[C@@]4(C)[C@]3(C)CC[C@H]2C1(C)C.CCOC(=O)C1CC=C(C)CC1.CCOC(=O)C1CC=C(C2=CC[C@]3(C)[C@H]4CC[C@@H]5C6=C(C(C)C)C(=O)C[C@]6(C(=O)O)CC[C@@]5(C)[C@]4(C)CC[C@H]3C2(C)C)CC1.CCOC(=O)C1CC=C(C2=CC[C@]3(C)[C@H]4CC[C@@H]5C6=C(C(C)C)C(=O)C[C@]6(C(=O)OC(C)(C)C)CC[C@@]5(C)[C@]4(C)CC[C@H]3C2(C)C)CC1. The van der Waals surface area contributed by atoms with Crippen molar-refractivity contribution in [1.82, 2.24) is 0 Å². The first-order chi connectivity index (χ1) is 65.9. The van der Waals surface area contributed by atoms with Gasteiger partial charge >= 0.3 is 35.8 Å². The highest BCUT2D eigenvalue weighted by atomic mass is 16.6. The van der Waals surface area contributed by atoms with Gasteiger partial charge in [0.25, 0.3) is 0 Å². The predicted octanol–water partition coefficient (Wildman–Crippen LogP) is 30.2. The summed E-state index contributed by atoms with van der Waals surface area (Å²) in [6, 6.07) is 0. The van der Waals surface area contributed by atoms with Crippen LogP contribution in [-0.4, -0.2) is 89.3 Å². The van der Waals surface area contributed by atoms with Gasteiger partial charge in [-0.05, 0) is 461 Å².